The Morgan fingerprint density at radius 1 is 0.776 bits per heavy atom. The summed E-state index contributed by atoms with van der Waals surface area (Å²) < 4.78 is 36.2. The minimum absolute atomic E-state index is 0.0391. The van der Waals surface area contributed by atoms with Gasteiger partial charge in [0.25, 0.3) is 23.5 Å². The molecule has 0 unspecified atom stereocenters. The van der Waals surface area contributed by atoms with Crippen LogP contribution < -0.4 is 41.6 Å². The number of allylic oxidation sites excluding steroid dienone is 2. The number of aliphatic hydroxyl groups is 2. The first-order valence-electron chi connectivity index (χ1n) is 38.5. The maximum Gasteiger partial charge on any atom is 0.407 e. The summed E-state index contributed by atoms with van der Waals surface area (Å²) in [4.78, 5) is 180. The number of phenols is 2. The zero-order valence-electron chi connectivity index (χ0n) is 66.4. The normalized spacial score (nSPS) is 23.2. The van der Waals surface area contributed by atoms with Crippen LogP contribution in [0.15, 0.2) is 124 Å². The van der Waals surface area contributed by atoms with Crippen molar-refractivity contribution in [3.8, 4) is 28.7 Å². The molecule has 1 saturated heterocycles. The molecule has 31 nitrogen and oxygen atoms in total. The Bertz CT molecular complexity index is 4950. The maximum absolute atomic E-state index is 15.2. The number of esters is 1. The number of ketones is 4. The third-order valence-electron chi connectivity index (χ3n) is 21.8. The fourth-order valence-electron chi connectivity index (χ4n) is 14.7. The van der Waals surface area contributed by atoms with Crippen molar-refractivity contribution < 1.29 is 106 Å². The van der Waals surface area contributed by atoms with Crippen molar-refractivity contribution in [3.05, 3.63) is 153 Å². The number of nitrogens with one attached hydrogen (secondary N) is 5. The number of benzene rings is 5. The van der Waals surface area contributed by atoms with Crippen LogP contribution in [0.5, 0.6) is 17.2 Å². The third kappa shape index (κ3) is 20.2. The van der Waals surface area contributed by atoms with Gasteiger partial charge >= 0.3 is 17.8 Å². The highest BCUT2D eigenvalue weighted by atomic mass is 16.7. The van der Waals surface area contributed by atoms with Gasteiger partial charge in [0.05, 0.1) is 54.2 Å². The summed E-state index contributed by atoms with van der Waals surface area (Å²) >= 11 is 0. The number of hydrogen-bond donors (Lipinski definition) is 9. The number of fused-ring (bicyclic) bond motifs is 2. The molecule has 12 atom stereocenters. The number of aromatic hydroxyl groups is 2. The maximum atomic E-state index is 15.2. The van der Waals surface area contributed by atoms with E-state index in [1.165, 1.54) is 72.9 Å². The zero-order chi connectivity index (χ0) is 84.3. The summed E-state index contributed by atoms with van der Waals surface area (Å²) in [6, 6.07) is 16.4. The number of aliphatic hydroxyl groups excluding tert-OH is 2. The number of carbonyl (C=O) groups is 12. The van der Waals surface area contributed by atoms with Crippen LogP contribution in [0.3, 0.4) is 0 Å². The van der Waals surface area contributed by atoms with E-state index in [4.69, 9.17) is 33.1 Å². The number of hydrogen-bond acceptors (Lipinski definition) is 25. The molecule has 0 spiro atoms. The number of alkyl carbamates (subject to hydrolysis) is 1. The second-order valence-corrected chi connectivity index (χ2v) is 30.3. The van der Waals surface area contributed by atoms with Gasteiger partial charge in [0.2, 0.25) is 23.2 Å². The molecule has 0 aromatic heterocycles. The van der Waals surface area contributed by atoms with Crippen molar-refractivity contribution in [2.75, 3.05) is 43.5 Å². The molecule has 31 heteroatoms. The van der Waals surface area contributed by atoms with Crippen LogP contribution in [-0.2, 0) is 86.3 Å². The van der Waals surface area contributed by atoms with Gasteiger partial charge in [-0.05, 0) is 69.7 Å². The smallest absolute Gasteiger partial charge is 0.407 e. The molecule has 4 aromatic carbocycles. The minimum atomic E-state index is -2.17. The quantitative estimate of drug-likeness (QED) is 0.0118. The van der Waals surface area contributed by atoms with Crippen molar-refractivity contribution in [1.29, 1.82) is 0 Å². The van der Waals surface area contributed by atoms with Gasteiger partial charge in [0.15, 0.2) is 28.7 Å². The number of rotatable bonds is 25. The SMILES string of the molecule is CO[C@H]1/C=C/O[C@@]2(C)Oc3c(C)c(O)c4c(=O)c(c5oc6cc(N7CCC(NC(=O)OCc8ccc(CC(=O)[C@H](C)NC(=O)[C@@H](CC(=O)[C@H](C)NC(=O)CCC(=O)CNC(=O)CCN9C(=O)C=CC9=O)Cc9ccccc9)cc8)CC7)cc(O)c6nc-5c4c3C2=O)NC(=O)/C(C)=C\C=C\[C@H](C)[C@H](O)[C@@H](C)[C@@H](O)[C@@H](C)[C@H](OC(C)=O)[C@@H]1C. The van der Waals surface area contributed by atoms with Crippen LogP contribution in [0.1, 0.15) is 133 Å². The number of imide groups is 1. The lowest BCUT2D eigenvalue weighted by molar-refractivity contribution is -0.160. The van der Waals surface area contributed by atoms with Gasteiger partial charge in [-0.1, -0.05) is 101 Å². The first-order chi connectivity index (χ1) is 55.1. The lowest BCUT2D eigenvalue weighted by Gasteiger charge is -2.38. The number of piperidine rings is 1. The number of amides is 7. The van der Waals surface area contributed by atoms with E-state index < -0.39 is 166 Å². The summed E-state index contributed by atoms with van der Waals surface area (Å²) in [5.41, 5.74) is 0.332. The average molecular weight is 1600 g/mol. The van der Waals surface area contributed by atoms with Crippen molar-refractivity contribution in [3.63, 3.8) is 0 Å². The molecule has 0 saturated carbocycles. The molecule has 4 aromatic rings. The minimum Gasteiger partial charge on any atom is -0.507 e. The van der Waals surface area contributed by atoms with Crippen molar-refractivity contribution in [1.82, 2.24) is 31.2 Å². The molecule has 5 heterocycles. The summed E-state index contributed by atoms with van der Waals surface area (Å²) in [5, 5.41) is 59.9. The summed E-state index contributed by atoms with van der Waals surface area (Å²) in [5.74, 6) is -13.8. The third-order valence-corrected chi connectivity index (χ3v) is 21.8. The zero-order valence-corrected chi connectivity index (χ0v) is 66.4. The molecule has 1 aliphatic carbocycles. The Hall–Kier alpha value is -12.0. The fourth-order valence-corrected chi connectivity index (χ4v) is 14.7. The van der Waals surface area contributed by atoms with Gasteiger partial charge in [-0.2, -0.15) is 0 Å². The highest BCUT2D eigenvalue weighted by Crippen LogP contribution is 2.51. The molecule has 616 valence electrons. The van der Waals surface area contributed by atoms with E-state index in [9.17, 15) is 73.2 Å². The number of Topliss-reactive ketones (excluding diaryl/α,β-unsaturated/α-hetero) is 4. The van der Waals surface area contributed by atoms with Crippen molar-refractivity contribution in [2.24, 2.45) is 29.6 Å². The highest BCUT2D eigenvalue weighted by molar-refractivity contribution is 6.22. The van der Waals surface area contributed by atoms with E-state index >= 15 is 9.59 Å². The molecule has 5 aliphatic heterocycles. The van der Waals surface area contributed by atoms with Gasteiger partial charge < -0.3 is 80.0 Å². The van der Waals surface area contributed by atoms with Crippen molar-refractivity contribution >= 4 is 104 Å². The Labute approximate surface area is 668 Å². The summed E-state index contributed by atoms with van der Waals surface area (Å²) in [6.45, 7) is 15.3. The highest BCUT2D eigenvalue weighted by Gasteiger charge is 2.50. The fraction of sp³-hybridized carbons (Fsp3) is 0.435. The molecule has 9 N–H and O–H groups in total. The molecule has 116 heavy (non-hydrogen) atoms. The number of anilines is 2. The number of carbonyl (C=O) groups excluding carboxylic acids is 12. The van der Waals surface area contributed by atoms with Crippen LogP contribution in [-0.4, -0.2) is 183 Å². The van der Waals surface area contributed by atoms with E-state index in [2.05, 4.69) is 26.6 Å². The van der Waals surface area contributed by atoms with Gasteiger partial charge in [-0.3, -0.25) is 62.4 Å². The first kappa shape index (κ1) is 86.4. The van der Waals surface area contributed by atoms with E-state index in [-0.39, 0.29) is 120 Å². The summed E-state index contributed by atoms with van der Waals surface area (Å²) in [6.07, 6.45) is 4.35. The number of methoxy groups -OCH3 is 1. The predicted molar refractivity (Wildman–Crippen MR) is 423 cm³/mol. The molecular weight excluding hydrogens is 1500 g/mol. The molecular formula is C85H98N8O23. The Balaban J connectivity index is 0.766. The predicted octanol–water partition coefficient (Wildman–Crippen LogP) is 7.27. The molecule has 7 amide bonds. The van der Waals surface area contributed by atoms with Gasteiger partial charge in [-0.25, -0.2) is 9.78 Å². The van der Waals surface area contributed by atoms with Crippen LogP contribution in [0, 0.1) is 36.5 Å². The number of ether oxygens (including phenoxy) is 5. The lowest BCUT2D eigenvalue weighted by Crippen LogP contribution is -2.46. The number of aromatic nitrogens is 1. The Kier molecular flexibility index (Phi) is 28.0. The van der Waals surface area contributed by atoms with Crippen LogP contribution in [0.4, 0.5) is 16.2 Å². The van der Waals surface area contributed by atoms with Gasteiger partial charge in [0, 0.05) is 155 Å². The monoisotopic (exact) mass is 1600 g/mol. The number of nitrogens with zero attached hydrogens (tertiary/aromatic N) is 3. The first-order valence-corrected chi connectivity index (χ1v) is 38.5. The van der Waals surface area contributed by atoms with Gasteiger partial charge in [-0.15, -0.1) is 0 Å². The van der Waals surface area contributed by atoms with Gasteiger partial charge in [0.1, 0.15) is 46.9 Å². The van der Waals surface area contributed by atoms with E-state index in [0.717, 1.165) is 28.9 Å². The average Bonchev–Trinajstić information content (AvgIpc) is 1.42. The molecule has 10 rings (SSSR count). The van der Waals surface area contributed by atoms with Crippen LogP contribution in [0.2, 0.25) is 0 Å². The lowest BCUT2D eigenvalue weighted by atomic mass is 9.78. The molecule has 4 bridgehead atoms. The standard InChI is InChI=1S/C85H98N8O23/c1-43-16-15-17-44(2)82(108)91-73-77(106)69-68(70-79(48(6)76(69)105)116-85(10,81(70)107)113-35-31-62(111-11)45(3)78(114-51(9)94)47(5)75(104)46(4)74(43)103)72-80(73)115-63-40-57(39-61(98)71(63)90-72)92-32-28-56(29-33-92)89-84(110)112-42-54-22-20-53(21-23-54)37-59(96)50(8)88-83(109)55(36-52-18-13-12-14-19-52)38-60(97)49(7)87-65(100)25-24-58(95)41-86-64(99)30-34-93-66(101)26-27-67(93)102/h12-23,26-27,31,35,39-40,43,45-47,49-50,55-56,62,74-75,78,98,103-105H,24-25,28-30,32-34,36-38,41-42H2,1-11H3,(H,86,99)(H,87,100)(H,88,109)(H,89,110)(H,91,108)/b16-15+,35-31+,44-17-/t43-,45+,46+,47+,49-,50-,55+,62-,74-,75+,78+,85-/m0/s1. The van der Waals surface area contributed by atoms with Crippen molar-refractivity contribution in [2.45, 2.75) is 176 Å². The number of phenolic OH excluding ortho intramolecular Hbond substituents is 2. The summed E-state index contributed by atoms with van der Waals surface area (Å²) in [7, 11) is 1.41. The molecule has 0 radical (unpaired) electrons. The molecule has 6 aliphatic rings. The second-order valence-electron chi connectivity index (χ2n) is 30.3. The topological polar surface area (TPSA) is 442 Å². The second kappa shape index (κ2) is 37.5. The largest absolute Gasteiger partial charge is 0.507 e. The van der Waals surface area contributed by atoms with Crippen LogP contribution in [0.25, 0.3) is 33.3 Å². The van der Waals surface area contributed by atoms with E-state index in [1.807, 2.05) is 4.90 Å². The Morgan fingerprint density at radius 3 is 2.12 bits per heavy atom. The van der Waals surface area contributed by atoms with E-state index in [1.54, 1.807) is 94.4 Å². The van der Waals surface area contributed by atoms with Crippen LogP contribution >= 0.6 is 0 Å². The van der Waals surface area contributed by atoms with E-state index in [0.29, 0.717) is 42.7 Å². The molecule has 1 fully saturated rings. The Morgan fingerprint density at radius 2 is 1.45 bits per heavy atom.